The molecule has 0 bridgehead atoms. The summed E-state index contributed by atoms with van der Waals surface area (Å²) in [6.07, 6.45) is -2.98. The number of hydrogen-bond acceptors (Lipinski definition) is 3. The number of halogens is 3. The average molecular weight is 285 g/mol. The van der Waals surface area contributed by atoms with Crippen LogP contribution >= 0.6 is 0 Å². The fourth-order valence-electron chi connectivity index (χ4n) is 2.00. The summed E-state index contributed by atoms with van der Waals surface area (Å²) in [7, 11) is 0. The quantitative estimate of drug-likeness (QED) is 0.606. The van der Waals surface area contributed by atoms with Gasteiger partial charge in [0.1, 0.15) is 0 Å². The second-order valence-electron chi connectivity index (χ2n) is 5.17. The van der Waals surface area contributed by atoms with Gasteiger partial charge in [-0.1, -0.05) is 20.8 Å². The van der Waals surface area contributed by atoms with Crippen molar-refractivity contribution in [1.82, 2.24) is 5.32 Å². The molecule has 2 N–H and O–H groups in total. The fourth-order valence-corrected chi connectivity index (χ4v) is 2.00. The molecule has 6 heteroatoms. The monoisotopic (exact) mass is 285 g/mol. The number of ether oxygens (including phenoxy) is 1. The van der Waals surface area contributed by atoms with E-state index in [1.54, 1.807) is 0 Å². The number of nitrogens with one attached hydrogen (secondary N) is 1. The van der Waals surface area contributed by atoms with Gasteiger partial charge in [0.2, 0.25) is 0 Å². The van der Waals surface area contributed by atoms with Crippen LogP contribution < -0.4 is 5.32 Å². The smallest absolute Gasteiger partial charge is 0.391 e. The SMILES string of the molecule is CCC(CO)(CCCOCCC(F)(F)F)NC(C)C. The van der Waals surface area contributed by atoms with Crippen molar-refractivity contribution in [2.45, 2.75) is 64.2 Å². The molecule has 1 unspecified atom stereocenters. The van der Waals surface area contributed by atoms with E-state index in [-0.39, 0.29) is 31.4 Å². The Hall–Kier alpha value is -0.330. The molecule has 0 spiro atoms. The van der Waals surface area contributed by atoms with E-state index >= 15 is 0 Å². The summed E-state index contributed by atoms with van der Waals surface area (Å²) < 4.78 is 40.6. The van der Waals surface area contributed by atoms with Gasteiger partial charge in [-0.15, -0.1) is 0 Å². The lowest BCUT2D eigenvalue weighted by molar-refractivity contribution is -0.145. The van der Waals surface area contributed by atoms with E-state index in [4.69, 9.17) is 4.74 Å². The average Bonchev–Trinajstić information content (AvgIpc) is 2.30. The third-order valence-electron chi connectivity index (χ3n) is 3.05. The number of rotatable bonds is 10. The first-order valence-electron chi connectivity index (χ1n) is 6.78. The Morgan fingerprint density at radius 3 is 2.21 bits per heavy atom. The van der Waals surface area contributed by atoms with E-state index in [2.05, 4.69) is 5.32 Å². The lowest BCUT2D eigenvalue weighted by Gasteiger charge is -2.34. The summed E-state index contributed by atoms with van der Waals surface area (Å²) in [5.74, 6) is 0. The molecule has 0 aromatic rings. The fraction of sp³-hybridized carbons (Fsp3) is 1.00. The maximum absolute atomic E-state index is 11.9. The summed E-state index contributed by atoms with van der Waals surface area (Å²) in [5.41, 5.74) is -0.360. The van der Waals surface area contributed by atoms with Crippen LogP contribution in [0.2, 0.25) is 0 Å². The molecule has 0 aromatic carbocycles. The highest BCUT2D eigenvalue weighted by Crippen LogP contribution is 2.20. The zero-order valence-electron chi connectivity index (χ0n) is 12.0. The molecule has 0 aliphatic carbocycles. The van der Waals surface area contributed by atoms with Crippen LogP contribution in [0, 0.1) is 0 Å². The van der Waals surface area contributed by atoms with E-state index in [0.29, 0.717) is 12.8 Å². The van der Waals surface area contributed by atoms with E-state index < -0.39 is 12.6 Å². The van der Waals surface area contributed by atoms with Gasteiger partial charge in [-0.05, 0) is 19.3 Å². The zero-order chi connectivity index (χ0) is 14.9. The Kier molecular flexibility index (Phi) is 8.61. The maximum Gasteiger partial charge on any atom is 0.391 e. The zero-order valence-corrected chi connectivity index (χ0v) is 12.0. The highest BCUT2D eigenvalue weighted by atomic mass is 19.4. The molecule has 0 saturated heterocycles. The Bertz CT molecular complexity index is 228. The summed E-state index contributed by atoms with van der Waals surface area (Å²) >= 11 is 0. The predicted octanol–water partition coefficient (Wildman–Crippen LogP) is 2.87. The van der Waals surface area contributed by atoms with Crippen LogP contribution in [0.15, 0.2) is 0 Å². The van der Waals surface area contributed by atoms with Crippen LogP contribution in [0.4, 0.5) is 13.2 Å². The van der Waals surface area contributed by atoms with Crippen LogP contribution in [0.25, 0.3) is 0 Å². The van der Waals surface area contributed by atoms with Gasteiger partial charge in [-0.3, -0.25) is 0 Å². The Morgan fingerprint density at radius 2 is 1.79 bits per heavy atom. The number of aliphatic hydroxyl groups is 1. The molecule has 0 amide bonds. The van der Waals surface area contributed by atoms with Crippen molar-refractivity contribution in [3.05, 3.63) is 0 Å². The minimum absolute atomic E-state index is 0.0181. The lowest BCUT2D eigenvalue weighted by Crippen LogP contribution is -2.51. The summed E-state index contributed by atoms with van der Waals surface area (Å²) in [5, 5.41) is 12.8. The third-order valence-corrected chi connectivity index (χ3v) is 3.05. The number of aliphatic hydroxyl groups excluding tert-OH is 1. The second kappa shape index (κ2) is 8.76. The largest absolute Gasteiger partial charge is 0.394 e. The molecule has 19 heavy (non-hydrogen) atoms. The number of alkyl halides is 3. The van der Waals surface area contributed by atoms with Gasteiger partial charge in [-0.2, -0.15) is 13.2 Å². The van der Waals surface area contributed by atoms with Crippen LogP contribution in [-0.4, -0.2) is 42.7 Å². The van der Waals surface area contributed by atoms with E-state index in [0.717, 1.165) is 6.42 Å². The van der Waals surface area contributed by atoms with Crippen molar-refractivity contribution in [3.63, 3.8) is 0 Å². The molecular formula is C13H26F3NO2. The van der Waals surface area contributed by atoms with E-state index in [9.17, 15) is 18.3 Å². The van der Waals surface area contributed by atoms with Gasteiger partial charge in [0.25, 0.3) is 0 Å². The summed E-state index contributed by atoms with van der Waals surface area (Å²) in [4.78, 5) is 0. The second-order valence-corrected chi connectivity index (χ2v) is 5.17. The van der Waals surface area contributed by atoms with Crippen LogP contribution in [0.3, 0.4) is 0 Å². The van der Waals surface area contributed by atoms with Crippen LogP contribution in [-0.2, 0) is 4.74 Å². The van der Waals surface area contributed by atoms with Crippen molar-refractivity contribution in [2.24, 2.45) is 0 Å². The number of hydrogen-bond donors (Lipinski definition) is 2. The molecule has 0 radical (unpaired) electrons. The molecule has 116 valence electrons. The molecule has 0 rings (SSSR count). The van der Waals surface area contributed by atoms with Crippen molar-refractivity contribution in [1.29, 1.82) is 0 Å². The molecule has 0 heterocycles. The Morgan fingerprint density at radius 1 is 1.16 bits per heavy atom. The maximum atomic E-state index is 11.9. The minimum Gasteiger partial charge on any atom is -0.394 e. The highest BCUT2D eigenvalue weighted by molar-refractivity contribution is 4.87. The Labute approximate surface area is 113 Å². The first kappa shape index (κ1) is 18.7. The van der Waals surface area contributed by atoms with Crippen molar-refractivity contribution in [2.75, 3.05) is 19.8 Å². The third kappa shape index (κ3) is 9.24. The lowest BCUT2D eigenvalue weighted by atomic mass is 9.90. The minimum atomic E-state index is -4.16. The summed E-state index contributed by atoms with van der Waals surface area (Å²) in [6, 6.07) is 0.248. The standard InChI is InChI=1S/C13H26F3NO2/c1-4-12(10-18,17-11(2)3)6-5-8-19-9-7-13(14,15)16/h11,17-18H,4-10H2,1-3H3. The summed E-state index contributed by atoms with van der Waals surface area (Å²) in [6.45, 7) is 6.00. The van der Waals surface area contributed by atoms with E-state index in [1.165, 1.54) is 0 Å². The van der Waals surface area contributed by atoms with Crippen molar-refractivity contribution < 1.29 is 23.0 Å². The van der Waals surface area contributed by atoms with Gasteiger partial charge in [0.05, 0.1) is 19.6 Å². The van der Waals surface area contributed by atoms with Gasteiger partial charge >= 0.3 is 6.18 Å². The molecule has 0 aromatic heterocycles. The molecule has 0 saturated carbocycles. The predicted molar refractivity (Wildman–Crippen MR) is 69.1 cm³/mol. The van der Waals surface area contributed by atoms with E-state index in [1.807, 2.05) is 20.8 Å². The normalized spacial score (nSPS) is 15.8. The van der Waals surface area contributed by atoms with Crippen molar-refractivity contribution >= 4 is 0 Å². The van der Waals surface area contributed by atoms with Crippen LogP contribution in [0.1, 0.15) is 46.5 Å². The first-order chi connectivity index (χ1) is 8.74. The topological polar surface area (TPSA) is 41.5 Å². The Balaban J connectivity index is 3.88. The van der Waals surface area contributed by atoms with Crippen LogP contribution in [0.5, 0.6) is 0 Å². The molecule has 0 aliphatic rings. The van der Waals surface area contributed by atoms with Gasteiger partial charge in [-0.25, -0.2) is 0 Å². The molecule has 0 fully saturated rings. The van der Waals surface area contributed by atoms with Gasteiger partial charge < -0.3 is 15.2 Å². The van der Waals surface area contributed by atoms with Gasteiger partial charge in [0, 0.05) is 18.2 Å². The molecule has 3 nitrogen and oxygen atoms in total. The highest BCUT2D eigenvalue weighted by Gasteiger charge is 2.28. The van der Waals surface area contributed by atoms with Crippen molar-refractivity contribution in [3.8, 4) is 0 Å². The molecule has 1 atom stereocenters. The molecule has 0 aliphatic heterocycles. The first-order valence-corrected chi connectivity index (χ1v) is 6.78. The molecular weight excluding hydrogens is 259 g/mol. The van der Waals surface area contributed by atoms with Gasteiger partial charge in [0.15, 0.2) is 0 Å².